The number of ketones is 1. The second-order valence-corrected chi connectivity index (χ2v) is 4.99. The lowest BCUT2D eigenvalue weighted by Gasteiger charge is -2.32. The fourth-order valence-corrected chi connectivity index (χ4v) is 2.73. The van der Waals surface area contributed by atoms with Crippen LogP contribution in [0.5, 0.6) is 0 Å². The molecule has 102 valence electrons. The summed E-state index contributed by atoms with van der Waals surface area (Å²) < 4.78 is 0. The van der Waals surface area contributed by atoms with Crippen molar-refractivity contribution < 1.29 is 9.59 Å². The molecule has 0 unspecified atom stereocenters. The van der Waals surface area contributed by atoms with E-state index in [1.165, 1.54) is 5.56 Å². The van der Waals surface area contributed by atoms with Crippen LogP contribution in [0.3, 0.4) is 0 Å². The maximum absolute atomic E-state index is 12.5. The number of Topliss-reactive ketones (excluding diaryl/α,β-unsaturated/α-hetero) is 1. The zero-order valence-corrected chi connectivity index (χ0v) is 11.7. The molecule has 0 aliphatic carbocycles. The summed E-state index contributed by atoms with van der Waals surface area (Å²) in [5, 5.41) is 0. The number of rotatable bonds is 4. The van der Waals surface area contributed by atoms with Crippen LogP contribution in [0.1, 0.15) is 38.7 Å². The van der Waals surface area contributed by atoms with Crippen LogP contribution >= 0.6 is 0 Å². The first-order valence-electron chi connectivity index (χ1n) is 7.11. The fraction of sp³-hybridized carbons (Fsp3) is 0.500. The highest BCUT2D eigenvalue weighted by Gasteiger charge is 2.34. The van der Waals surface area contributed by atoms with Gasteiger partial charge in [-0.3, -0.25) is 9.59 Å². The molecule has 1 aromatic carbocycles. The Morgan fingerprint density at radius 1 is 1.32 bits per heavy atom. The van der Waals surface area contributed by atoms with Gasteiger partial charge in [0.2, 0.25) is 5.91 Å². The minimum atomic E-state index is -0.427. The largest absolute Gasteiger partial charge is 0.312 e. The van der Waals surface area contributed by atoms with Crippen molar-refractivity contribution in [1.82, 2.24) is 0 Å². The van der Waals surface area contributed by atoms with Gasteiger partial charge in [0.05, 0.1) is 5.92 Å². The van der Waals surface area contributed by atoms with E-state index in [-0.39, 0.29) is 11.7 Å². The average Bonchev–Trinajstić information content (AvgIpc) is 2.46. The van der Waals surface area contributed by atoms with Crippen molar-refractivity contribution in [3.05, 3.63) is 29.8 Å². The zero-order valence-electron chi connectivity index (χ0n) is 11.7. The normalized spacial score (nSPS) is 19.6. The summed E-state index contributed by atoms with van der Waals surface area (Å²) in [6.07, 6.45) is 2.95. The van der Waals surface area contributed by atoms with Crippen LogP contribution in [0, 0.1) is 5.92 Å². The zero-order chi connectivity index (χ0) is 13.8. The van der Waals surface area contributed by atoms with Gasteiger partial charge in [-0.25, -0.2) is 0 Å². The molecule has 1 heterocycles. The maximum Gasteiger partial charge on any atom is 0.237 e. The van der Waals surface area contributed by atoms with E-state index in [1.807, 2.05) is 31.2 Å². The van der Waals surface area contributed by atoms with E-state index in [9.17, 15) is 9.59 Å². The van der Waals surface area contributed by atoms with E-state index in [1.54, 1.807) is 4.90 Å². The number of anilines is 1. The lowest BCUT2D eigenvalue weighted by atomic mass is 9.91. The molecule has 0 spiro atoms. The molecule has 1 aliphatic rings. The van der Waals surface area contributed by atoms with Crippen molar-refractivity contribution in [2.45, 2.75) is 39.5 Å². The molecule has 2 rings (SSSR count). The van der Waals surface area contributed by atoms with Gasteiger partial charge in [-0.2, -0.15) is 0 Å². The number of aryl methyl sites for hydroxylation is 1. The highest BCUT2D eigenvalue weighted by molar-refractivity contribution is 6.09. The van der Waals surface area contributed by atoms with E-state index in [2.05, 4.69) is 6.92 Å². The molecule has 0 N–H and O–H groups in total. The van der Waals surface area contributed by atoms with E-state index >= 15 is 0 Å². The summed E-state index contributed by atoms with van der Waals surface area (Å²) in [6.45, 7) is 4.64. The summed E-state index contributed by atoms with van der Waals surface area (Å²) in [6, 6.07) is 7.97. The van der Waals surface area contributed by atoms with Gasteiger partial charge in [-0.05, 0) is 30.9 Å². The Balaban J connectivity index is 2.29. The maximum atomic E-state index is 12.5. The van der Waals surface area contributed by atoms with Gasteiger partial charge >= 0.3 is 0 Å². The molecule has 1 aromatic rings. The Bertz CT molecular complexity index is 481. The quantitative estimate of drug-likeness (QED) is 0.780. The summed E-state index contributed by atoms with van der Waals surface area (Å²) >= 11 is 0. The summed E-state index contributed by atoms with van der Waals surface area (Å²) in [7, 11) is 0. The minimum absolute atomic E-state index is 0.0148. The number of carbonyl (C=O) groups excluding carboxylic acids is 2. The summed E-state index contributed by atoms with van der Waals surface area (Å²) in [5.41, 5.74) is 2.14. The van der Waals surface area contributed by atoms with E-state index < -0.39 is 5.92 Å². The lowest BCUT2D eigenvalue weighted by molar-refractivity contribution is -0.133. The number of hydrogen-bond acceptors (Lipinski definition) is 2. The molecule has 1 fully saturated rings. The molecule has 1 saturated heterocycles. The molecule has 1 aliphatic heterocycles. The highest BCUT2D eigenvalue weighted by Crippen LogP contribution is 2.28. The highest BCUT2D eigenvalue weighted by atomic mass is 16.2. The van der Waals surface area contributed by atoms with Gasteiger partial charge in [-0.15, -0.1) is 0 Å². The first kappa shape index (κ1) is 13.8. The molecule has 1 amide bonds. The standard InChI is InChI=1S/C16H21NO2/c1-3-12-8-5-6-10-14(12)17-11-7-9-13(16(17)19)15(18)4-2/h5-6,8,10,13H,3-4,7,9,11H2,1-2H3/t13-/m1/s1. The predicted molar refractivity (Wildman–Crippen MR) is 76.2 cm³/mol. The molecule has 0 bridgehead atoms. The van der Waals surface area contributed by atoms with Crippen LogP contribution in [0.2, 0.25) is 0 Å². The number of carbonyl (C=O) groups is 2. The van der Waals surface area contributed by atoms with Crippen LogP contribution in [0.25, 0.3) is 0 Å². The Morgan fingerprint density at radius 3 is 2.74 bits per heavy atom. The van der Waals surface area contributed by atoms with Crippen molar-refractivity contribution in [1.29, 1.82) is 0 Å². The van der Waals surface area contributed by atoms with Crippen LogP contribution in [-0.2, 0) is 16.0 Å². The van der Waals surface area contributed by atoms with Gasteiger partial charge in [0.1, 0.15) is 5.78 Å². The smallest absolute Gasteiger partial charge is 0.237 e. The second-order valence-electron chi connectivity index (χ2n) is 4.99. The SMILES string of the molecule is CCC(=O)[C@H]1CCCN(c2ccccc2CC)C1=O. The van der Waals surface area contributed by atoms with Gasteiger partial charge in [0.25, 0.3) is 0 Å². The third-order valence-corrected chi connectivity index (χ3v) is 3.84. The van der Waals surface area contributed by atoms with Crippen LogP contribution in [0.4, 0.5) is 5.69 Å². The van der Waals surface area contributed by atoms with Gasteiger partial charge in [0.15, 0.2) is 0 Å². The van der Waals surface area contributed by atoms with Crippen molar-refractivity contribution in [3.63, 3.8) is 0 Å². The molecule has 0 aromatic heterocycles. The Morgan fingerprint density at radius 2 is 2.05 bits per heavy atom. The molecule has 3 heteroatoms. The summed E-state index contributed by atoms with van der Waals surface area (Å²) in [5.74, 6) is -0.369. The average molecular weight is 259 g/mol. The topological polar surface area (TPSA) is 37.4 Å². The number of benzene rings is 1. The van der Waals surface area contributed by atoms with Gasteiger partial charge < -0.3 is 4.90 Å². The number of piperidine rings is 1. The third kappa shape index (κ3) is 2.70. The summed E-state index contributed by atoms with van der Waals surface area (Å²) in [4.78, 5) is 26.2. The van der Waals surface area contributed by atoms with Gasteiger partial charge in [-0.1, -0.05) is 32.0 Å². The van der Waals surface area contributed by atoms with Crippen LogP contribution in [0.15, 0.2) is 24.3 Å². The first-order valence-corrected chi connectivity index (χ1v) is 7.11. The van der Waals surface area contributed by atoms with Gasteiger partial charge in [0, 0.05) is 18.7 Å². The number of amides is 1. The van der Waals surface area contributed by atoms with Crippen molar-refractivity contribution >= 4 is 17.4 Å². The van der Waals surface area contributed by atoms with Crippen LogP contribution < -0.4 is 4.90 Å². The Kier molecular flexibility index (Phi) is 4.35. The van der Waals surface area contributed by atoms with Crippen LogP contribution in [-0.4, -0.2) is 18.2 Å². The number of hydrogen-bond donors (Lipinski definition) is 0. The number of para-hydroxylation sites is 1. The molecular weight excluding hydrogens is 238 g/mol. The van der Waals surface area contributed by atoms with Crippen molar-refractivity contribution in [2.24, 2.45) is 5.92 Å². The monoisotopic (exact) mass is 259 g/mol. The molecular formula is C16H21NO2. The predicted octanol–water partition coefficient (Wildman–Crippen LogP) is 2.97. The second kappa shape index (κ2) is 6.00. The van der Waals surface area contributed by atoms with E-state index in [4.69, 9.17) is 0 Å². The molecule has 19 heavy (non-hydrogen) atoms. The fourth-order valence-electron chi connectivity index (χ4n) is 2.73. The first-order chi connectivity index (χ1) is 9.19. The molecule has 3 nitrogen and oxygen atoms in total. The third-order valence-electron chi connectivity index (χ3n) is 3.84. The lowest BCUT2D eigenvalue weighted by Crippen LogP contribution is -2.44. The Labute approximate surface area is 114 Å². The minimum Gasteiger partial charge on any atom is -0.312 e. The van der Waals surface area contributed by atoms with Crippen molar-refractivity contribution in [3.8, 4) is 0 Å². The van der Waals surface area contributed by atoms with E-state index in [0.717, 1.165) is 25.1 Å². The van der Waals surface area contributed by atoms with Crippen molar-refractivity contribution in [2.75, 3.05) is 11.4 Å². The Hall–Kier alpha value is -1.64. The number of nitrogens with zero attached hydrogens (tertiary/aromatic N) is 1. The molecule has 0 saturated carbocycles. The molecule has 1 atom stereocenters. The van der Waals surface area contributed by atoms with E-state index in [0.29, 0.717) is 12.8 Å². The molecule has 0 radical (unpaired) electrons.